The van der Waals surface area contributed by atoms with E-state index in [9.17, 15) is 4.79 Å². The van der Waals surface area contributed by atoms with Crippen molar-refractivity contribution in [3.05, 3.63) is 0 Å². The van der Waals surface area contributed by atoms with Crippen LogP contribution in [0.4, 0.5) is 4.79 Å². The quantitative estimate of drug-likeness (QED) is 0.703. The van der Waals surface area contributed by atoms with Gasteiger partial charge in [0, 0.05) is 6.04 Å². The highest BCUT2D eigenvalue weighted by molar-refractivity contribution is 5.71. The van der Waals surface area contributed by atoms with Crippen LogP contribution in [-0.2, 0) is 4.74 Å². The molecule has 2 aliphatic rings. The van der Waals surface area contributed by atoms with E-state index in [2.05, 4.69) is 20.8 Å². The minimum absolute atomic E-state index is 0.100. The lowest BCUT2D eigenvalue weighted by molar-refractivity contribution is 0.0958. The summed E-state index contributed by atoms with van der Waals surface area (Å²) in [4.78, 5) is 13.6. The van der Waals surface area contributed by atoms with E-state index in [1.54, 1.807) is 0 Å². The van der Waals surface area contributed by atoms with Gasteiger partial charge in [0.1, 0.15) is 6.10 Å². The highest BCUT2D eigenvalue weighted by Crippen LogP contribution is 2.36. The molecule has 0 spiro atoms. The zero-order valence-corrected chi connectivity index (χ0v) is 9.90. The summed E-state index contributed by atoms with van der Waals surface area (Å²) >= 11 is 0. The van der Waals surface area contributed by atoms with Crippen LogP contribution >= 0.6 is 0 Å². The molecular formula is C12H21NO2. The number of hydrogen-bond donors (Lipinski definition) is 0. The van der Waals surface area contributed by atoms with Gasteiger partial charge in [-0.15, -0.1) is 0 Å². The maximum Gasteiger partial charge on any atom is 0.410 e. The van der Waals surface area contributed by atoms with Crippen LogP contribution in [0.15, 0.2) is 0 Å². The lowest BCUT2D eigenvalue weighted by atomic mass is 9.82. The predicted molar refractivity (Wildman–Crippen MR) is 58.7 cm³/mol. The van der Waals surface area contributed by atoms with Crippen LogP contribution in [0.3, 0.4) is 0 Å². The van der Waals surface area contributed by atoms with Crippen molar-refractivity contribution >= 4 is 6.09 Å². The van der Waals surface area contributed by atoms with Crippen molar-refractivity contribution in [2.45, 2.75) is 64.6 Å². The number of rotatable bonds is 2. The Morgan fingerprint density at radius 3 is 2.80 bits per heavy atom. The second-order valence-electron chi connectivity index (χ2n) is 5.08. The molecule has 1 aliphatic carbocycles. The zero-order chi connectivity index (χ0) is 11.0. The number of fused-ring (bicyclic) bond motifs is 1. The monoisotopic (exact) mass is 211 g/mol. The molecule has 0 aromatic carbocycles. The van der Waals surface area contributed by atoms with Crippen LogP contribution in [0.5, 0.6) is 0 Å². The summed E-state index contributed by atoms with van der Waals surface area (Å²) < 4.78 is 5.42. The normalized spacial score (nSPS) is 35.6. The van der Waals surface area contributed by atoms with Crippen molar-refractivity contribution in [3.8, 4) is 0 Å². The van der Waals surface area contributed by atoms with Crippen molar-refractivity contribution in [2.75, 3.05) is 0 Å². The maximum absolute atomic E-state index is 11.7. The first-order chi connectivity index (χ1) is 7.13. The Labute approximate surface area is 91.8 Å². The average molecular weight is 211 g/mol. The third-order valence-corrected chi connectivity index (χ3v) is 3.82. The van der Waals surface area contributed by atoms with Crippen LogP contribution in [0.1, 0.15) is 46.5 Å². The second kappa shape index (κ2) is 4.03. The largest absolute Gasteiger partial charge is 0.444 e. The lowest BCUT2D eigenvalue weighted by Crippen LogP contribution is -2.44. The number of amides is 1. The topological polar surface area (TPSA) is 29.5 Å². The molecule has 0 N–H and O–H groups in total. The summed E-state index contributed by atoms with van der Waals surface area (Å²) in [5, 5.41) is 0. The van der Waals surface area contributed by atoms with Gasteiger partial charge in [-0.25, -0.2) is 4.79 Å². The summed E-state index contributed by atoms with van der Waals surface area (Å²) in [6.07, 6.45) is 4.70. The summed E-state index contributed by atoms with van der Waals surface area (Å²) in [6, 6.07) is 0.610. The Kier molecular flexibility index (Phi) is 2.89. The van der Waals surface area contributed by atoms with Crippen LogP contribution in [0.2, 0.25) is 0 Å². The van der Waals surface area contributed by atoms with Gasteiger partial charge in [-0.3, -0.25) is 4.90 Å². The van der Waals surface area contributed by atoms with Gasteiger partial charge in [0.2, 0.25) is 0 Å². The molecule has 1 saturated carbocycles. The van der Waals surface area contributed by atoms with Crippen LogP contribution in [-0.4, -0.2) is 29.2 Å². The standard InChI is InChI=1S/C12H21NO2/c1-4-9-5-6-11-10(7-9)13(8(2)3)12(14)15-11/h8-11H,4-7H2,1-3H3. The Balaban J connectivity index is 2.10. The summed E-state index contributed by atoms with van der Waals surface area (Å²) in [6.45, 7) is 6.38. The van der Waals surface area contributed by atoms with E-state index < -0.39 is 0 Å². The van der Waals surface area contributed by atoms with E-state index in [1.165, 1.54) is 12.8 Å². The third kappa shape index (κ3) is 1.84. The molecule has 3 atom stereocenters. The molecule has 0 bridgehead atoms. The number of hydrogen-bond acceptors (Lipinski definition) is 2. The fraction of sp³-hybridized carbons (Fsp3) is 0.917. The first-order valence-corrected chi connectivity index (χ1v) is 6.12. The predicted octanol–water partition coefficient (Wildman–Crippen LogP) is 2.79. The number of carbonyl (C=O) groups is 1. The van der Waals surface area contributed by atoms with Crippen molar-refractivity contribution < 1.29 is 9.53 Å². The Hall–Kier alpha value is -0.730. The summed E-state index contributed by atoms with van der Waals surface area (Å²) in [5.41, 5.74) is 0. The molecule has 0 aromatic rings. The SMILES string of the molecule is CCC1CCC2OC(=O)N(C(C)C)C2C1. The summed E-state index contributed by atoms with van der Waals surface area (Å²) in [7, 11) is 0. The van der Waals surface area contributed by atoms with Gasteiger partial charge in [-0.1, -0.05) is 13.3 Å². The highest BCUT2D eigenvalue weighted by atomic mass is 16.6. The molecule has 15 heavy (non-hydrogen) atoms. The van der Waals surface area contributed by atoms with Gasteiger partial charge in [0.25, 0.3) is 0 Å². The number of ether oxygens (including phenoxy) is 1. The average Bonchev–Trinajstić information content (AvgIpc) is 2.52. The molecular weight excluding hydrogens is 190 g/mol. The minimum atomic E-state index is -0.100. The fourth-order valence-corrected chi connectivity index (χ4v) is 2.92. The van der Waals surface area contributed by atoms with Crippen molar-refractivity contribution in [1.82, 2.24) is 4.90 Å². The van der Waals surface area contributed by atoms with Gasteiger partial charge >= 0.3 is 6.09 Å². The molecule has 1 aliphatic heterocycles. The molecule has 86 valence electrons. The molecule has 1 heterocycles. The Morgan fingerprint density at radius 1 is 1.47 bits per heavy atom. The number of nitrogens with zero attached hydrogens (tertiary/aromatic N) is 1. The van der Waals surface area contributed by atoms with Crippen molar-refractivity contribution in [3.63, 3.8) is 0 Å². The Morgan fingerprint density at radius 2 is 2.20 bits per heavy atom. The second-order valence-corrected chi connectivity index (χ2v) is 5.08. The van der Waals surface area contributed by atoms with Gasteiger partial charge in [0.05, 0.1) is 6.04 Å². The van der Waals surface area contributed by atoms with Gasteiger partial charge in [-0.2, -0.15) is 0 Å². The molecule has 3 nitrogen and oxygen atoms in total. The van der Waals surface area contributed by atoms with Crippen LogP contribution < -0.4 is 0 Å². The molecule has 1 saturated heterocycles. The van der Waals surface area contributed by atoms with Gasteiger partial charge in [-0.05, 0) is 39.0 Å². The smallest absolute Gasteiger partial charge is 0.410 e. The van der Waals surface area contributed by atoms with E-state index in [0.29, 0.717) is 6.04 Å². The van der Waals surface area contributed by atoms with E-state index in [4.69, 9.17) is 4.74 Å². The van der Waals surface area contributed by atoms with Crippen molar-refractivity contribution in [2.24, 2.45) is 5.92 Å². The molecule has 0 aromatic heterocycles. The van der Waals surface area contributed by atoms with Gasteiger partial charge < -0.3 is 4.74 Å². The molecule has 2 rings (SSSR count). The molecule has 1 amide bonds. The molecule has 2 fully saturated rings. The first-order valence-electron chi connectivity index (χ1n) is 6.12. The first kappa shape index (κ1) is 10.8. The van der Waals surface area contributed by atoms with E-state index >= 15 is 0 Å². The zero-order valence-electron chi connectivity index (χ0n) is 9.90. The van der Waals surface area contributed by atoms with E-state index in [0.717, 1.165) is 18.8 Å². The summed E-state index contributed by atoms with van der Waals surface area (Å²) in [5.74, 6) is 0.780. The van der Waals surface area contributed by atoms with Gasteiger partial charge in [0.15, 0.2) is 0 Å². The highest BCUT2D eigenvalue weighted by Gasteiger charge is 2.45. The maximum atomic E-state index is 11.7. The molecule has 3 heteroatoms. The number of carbonyl (C=O) groups excluding carboxylic acids is 1. The van der Waals surface area contributed by atoms with E-state index in [-0.39, 0.29) is 18.2 Å². The van der Waals surface area contributed by atoms with Crippen molar-refractivity contribution in [1.29, 1.82) is 0 Å². The van der Waals surface area contributed by atoms with Crippen LogP contribution in [0, 0.1) is 5.92 Å². The molecule has 0 radical (unpaired) electrons. The molecule has 3 unspecified atom stereocenters. The fourth-order valence-electron chi connectivity index (χ4n) is 2.92. The van der Waals surface area contributed by atoms with Crippen LogP contribution in [0.25, 0.3) is 0 Å². The van der Waals surface area contributed by atoms with E-state index in [1.807, 2.05) is 4.90 Å². The third-order valence-electron chi connectivity index (χ3n) is 3.82. The Bertz CT molecular complexity index is 252. The lowest BCUT2D eigenvalue weighted by Gasteiger charge is -2.34. The minimum Gasteiger partial charge on any atom is -0.444 e.